The lowest BCUT2D eigenvalue weighted by atomic mass is 10.1. The number of hydrogen-bond donors (Lipinski definition) is 3. The Morgan fingerprint density at radius 1 is 1.40 bits per heavy atom. The fourth-order valence-corrected chi connectivity index (χ4v) is 1.95. The van der Waals surface area contributed by atoms with E-state index in [4.69, 9.17) is 5.11 Å². The van der Waals surface area contributed by atoms with Crippen LogP contribution in [0.5, 0.6) is 0 Å². The highest BCUT2D eigenvalue weighted by Gasteiger charge is 2.17. The van der Waals surface area contributed by atoms with Gasteiger partial charge in [-0.1, -0.05) is 19.8 Å². The second kappa shape index (κ2) is 7.47. The van der Waals surface area contributed by atoms with Crippen molar-refractivity contribution in [2.24, 2.45) is 0 Å². The molecule has 0 aromatic carbocycles. The molecule has 1 rings (SSSR count). The fraction of sp³-hybridized carbons (Fsp3) is 0.500. The van der Waals surface area contributed by atoms with E-state index in [0.717, 1.165) is 12.8 Å². The van der Waals surface area contributed by atoms with Gasteiger partial charge < -0.3 is 15.4 Å². The van der Waals surface area contributed by atoms with Crippen LogP contribution >= 0.6 is 0 Å². The highest BCUT2D eigenvalue weighted by atomic mass is 16.4. The zero-order valence-corrected chi connectivity index (χ0v) is 11.7. The first kappa shape index (κ1) is 15.9. The van der Waals surface area contributed by atoms with Crippen LogP contribution < -0.4 is 10.7 Å². The summed E-state index contributed by atoms with van der Waals surface area (Å²) in [6, 6.07) is 2.17. The van der Waals surface area contributed by atoms with Gasteiger partial charge in [-0.15, -0.1) is 0 Å². The molecule has 0 saturated carbocycles. The molecule has 110 valence electrons. The summed E-state index contributed by atoms with van der Waals surface area (Å²) >= 11 is 0. The number of carboxylic acids is 1. The van der Waals surface area contributed by atoms with Gasteiger partial charge in [-0.3, -0.25) is 14.4 Å². The Labute approximate surface area is 117 Å². The van der Waals surface area contributed by atoms with Crippen LogP contribution in [0.3, 0.4) is 0 Å². The number of rotatable bonds is 7. The molecule has 0 fully saturated rings. The van der Waals surface area contributed by atoms with E-state index in [9.17, 15) is 14.4 Å². The molecule has 1 heterocycles. The Bertz CT molecular complexity index is 536. The third kappa shape index (κ3) is 5.26. The Morgan fingerprint density at radius 2 is 2.10 bits per heavy atom. The standard InChI is InChI=1S/C14H20N2O4/c1-3-4-5-10(7-13(18)19)16-14(20)12-8-11(17)6-9(2)15-12/h6,8,10H,3-5,7H2,1-2H3,(H,15,17)(H,16,20)(H,18,19)/t10-/m1/s1. The summed E-state index contributed by atoms with van der Waals surface area (Å²) < 4.78 is 0. The van der Waals surface area contributed by atoms with Crippen LogP contribution in [0.25, 0.3) is 0 Å². The van der Waals surface area contributed by atoms with Gasteiger partial charge in [0.15, 0.2) is 5.43 Å². The van der Waals surface area contributed by atoms with Crippen LogP contribution in [-0.2, 0) is 4.79 Å². The number of aromatic nitrogens is 1. The fourth-order valence-electron chi connectivity index (χ4n) is 1.95. The van der Waals surface area contributed by atoms with E-state index < -0.39 is 17.9 Å². The molecule has 3 N–H and O–H groups in total. The molecule has 1 aromatic rings. The van der Waals surface area contributed by atoms with Crippen molar-refractivity contribution in [3.63, 3.8) is 0 Å². The van der Waals surface area contributed by atoms with Crippen LogP contribution in [0, 0.1) is 6.92 Å². The minimum absolute atomic E-state index is 0.123. The SMILES string of the molecule is CCCC[C@H](CC(=O)O)NC(=O)c1cc(=O)cc(C)[nH]1. The predicted octanol–water partition coefficient (Wildman–Crippen LogP) is 1.45. The summed E-state index contributed by atoms with van der Waals surface area (Å²) in [5.74, 6) is -1.41. The predicted molar refractivity (Wildman–Crippen MR) is 74.8 cm³/mol. The highest BCUT2D eigenvalue weighted by molar-refractivity contribution is 5.92. The van der Waals surface area contributed by atoms with Gasteiger partial charge in [0.25, 0.3) is 5.91 Å². The lowest BCUT2D eigenvalue weighted by molar-refractivity contribution is -0.137. The minimum atomic E-state index is -0.955. The molecule has 0 aliphatic rings. The average Bonchev–Trinajstić information content (AvgIpc) is 2.34. The summed E-state index contributed by atoms with van der Waals surface area (Å²) in [4.78, 5) is 37.0. The molecule has 0 radical (unpaired) electrons. The van der Waals surface area contributed by atoms with Crippen LogP contribution in [0.15, 0.2) is 16.9 Å². The largest absolute Gasteiger partial charge is 0.481 e. The van der Waals surface area contributed by atoms with E-state index in [0.29, 0.717) is 12.1 Å². The molecule has 0 aliphatic heterocycles. The molecule has 0 bridgehead atoms. The van der Waals surface area contributed by atoms with Crippen molar-refractivity contribution in [3.8, 4) is 0 Å². The highest BCUT2D eigenvalue weighted by Crippen LogP contribution is 2.06. The Kier molecular flexibility index (Phi) is 5.96. The maximum Gasteiger partial charge on any atom is 0.305 e. The minimum Gasteiger partial charge on any atom is -0.481 e. The first-order chi connectivity index (χ1) is 9.42. The Hall–Kier alpha value is -2.11. The van der Waals surface area contributed by atoms with Gasteiger partial charge in [-0.05, 0) is 13.3 Å². The number of nitrogens with one attached hydrogen (secondary N) is 2. The summed E-state index contributed by atoms with van der Waals surface area (Å²) in [6.45, 7) is 3.68. The number of H-pyrrole nitrogens is 1. The van der Waals surface area contributed by atoms with Crippen LogP contribution in [0.4, 0.5) is 0 Å². The molecule has 0 unspecified atom stereocenters. The summed E-state index contributed by atoms with van der Waals surface area (Å²) in [5, 5.41) is 11.5. The van der Waals surface area contributed by atoms with Crippen molar-refractivity contribution in [3.05, 3.63) is 33.7 Å². The second-order valence-corrected chi connectivity index (χ2v) is 4.82. The summed E-state index contributed by atoms with van der Waals surface area (Å²) in [6.07, 6.45) is 2.24. The van der Waals surface area contributed by atoms with Gasteiger partial charge in [0.1, 0.15) is 5.69 Å². The van der Waals surface area contributed by atoms with Gasteiger partial charge in [0.2, 0.25) is 0 Å². The van der Waals surface area contributed by atoms with Crippen molar-refractivity contribution < 1.29 is 14.7 Å². The van der Waals surface area contributed by atoms with Crippen LogP contribution in [-0.4, -0.2) is 28.0 Å². The number of carbonyl (C=O) groups excluding carboxylic acids is 1. The number of hydrogen-bond acceptors (Lipinski definition) is 3. The van der Waals surface area contributed by atoms with Gasteiger partial charge in [-0.25, -0.2) is 0 Å². The number of amides is 1. The maximum atomic E-state index is 12.0. The topological polar surface area (TPSA) is 99.3 Å². The number of carboxylic acid groups (broad SMARTS) is 1. The van der Waals surface area contributed by atoms with Gasteiger partial charge in [0, 0.05) is 23.9 Å². The molecular weight excluding hydrogens is 260 g/mol. The summed E-state index contributed by atoms with van der Waals surface area (Å²) in [5.41, 5.74) is 0.489. The zero-order valence-electron chi connectivity index (χ0n) is 11.7. The van der Waals surface area contributed by atoms with Crippen molar-refractivity contribution in [1.29, 1.82) is 0 Å². The van der Waals surface area contributed by atoms with E-state index in [1.165, 1.54) is 12.1 Å². The molecule has 6 heteroatoms. The number of aliphatic carboxylic acids is 1. The quantitative estimate of drug-likeness (QED) is 0.703. The second-order valence-electron chi connectivity index (χ2n) is 4.82. The smallest absolute Gasteiger partial charge is 0.305 e. The molecule has 0 aliphatic carbocycles. The Balaban J connectivity index is 2.78. The molecule has 6 nitrogen and oxygen atoms in total. The molecule has 0 saturated heterocycles. The van der Waals surface area contributed by atoms with E-state index >= 15 is 0 Å². The van der Waals surface area contributed by atoms with Gasteiger partial charge in [0.05, 0.1) is 6.42 Å². The monoisotopic (exact) mass is 280 g/mol. The average molecular weight is 280 g/mol. The molecule has 1 aromatic heterocycles. The first-order valence-electron chi connectivity index (χ1n) is 6.66. The molecule has 1 amide bonds. The number of unbranched alkanes of at least 4 members (excludes halogenated alkanes) is 1. The van der Waals surface area contributed by atoms with E-state index in [1.807, 2.05) is 6.92 Å². The normalized spacial score (nSPS) is 11.9. The lowest BCUT2D eigenvalue weighted by Crippen LogP contribution is -2.37. The summed E-state index contributed by atoms with van der Waals surface area (Å²) in [7, 11) is 0. The van der Waals surface area contributed by atoms with E-state index in [-0.39, 0.29) is 17.5 Å². The molecular formula is C14H20N2O4. The first-order valence-corrected chi connectivity index (χ1v) is 6.66. The number of carbonyl (C=O) groups is 2. The van der Waals surface area contributed by atoms with Crippen LogP contribution in [0.1, 0.15) is 48.8 Å². The van der Waals surface area contributed by atoms with Crippen molar-refractivity contribution in [2.75, 3.05) is 0 Å². The van der Waals surface area contributed by atoms with E-state index in [1.54, 1.807) is 6.92 Å². The molecule has 1 atom stereocenters. The number of aromatic amines is 1. The molecule has 0 spiro atoms. The van der Waals surface area contributed by atoms with E-state index in [2.05, 4.69) is 10.3 Å². The van der Waals surface area contributed by atoms with Gasteiger partial charge >= 0.3 is 5.97 Å². The third-order valence-corrected chi connectivity index (χ3v) is 2.88. The number of pyridine rings is 1. The maximum absolute atomic E-state index is 12.0. The molecule has 20 heavy (non-hydrogen) atoms. The zero-order chi connectivity index (χ0) is 15.1. The Morgan fingerprint density at radius 3 is 2.65 bits per heavy atom. The van der Waals surface area contributed by atoms with Crippen LogP contribution in [0.2, 0.25) is 0 Å². The third-order valence-electron chi connectivity index (χ3n) is 2.88. The lowest BCUT2D eigenvalue weighted by Gasteiger charge is -2.16. The van der Waals surface area contributed by atoms with Crippen molar-refractivity contribution >= 4 is 11.9 Å². The van der Waals surface area contributed by atoms with Gasteiger partial charge in [-0.2, -0.15) is 0 Å². The number of aryl methyl sites for hydroxylation is 1. The van der Waals surface area contributed by atoms with Crippen molar-refractivity contribution in [2.45, 2.75) is 45.6 Å². The van der Waals surface area contributed by atoms with Crippen molar-refractivity contribution in [1.82, 2.24) is 10.3 Å².